The van der Waals surface area contributed by atoms with Gasteiger partial charge in [-0.1, -0.05) is 0 Å². The maximum absolute atomic E-state index is 14.4. The molecule has 0 unspecified atom stereocenters. The van der Waals surface area contributed by atoms with E-state index in [-0.39, 0.29) is 37.2 Å². The van der Waals surface area contributed by atoms with Crippen LogP contribution >= 0.6 is 0 Å². The molecule has 0 N–H and O–H groups in total. The third-order valence-electron chi connectivity index (χ3n) is 6.72. The Labute approximate surface area is 210 Å². The smallest absolute Gasteiger partial charge is 0.337 e. The van der Waals surface area contributed by atoms with E-state index in [4.69, 9.17) is 5.26 Å². The first-order valence-corrected chi connectivity index (χ1v) is 11.9. The van der Waals surface area contributed by atoms with Crippen LogP contribution in [0.4, 0.5) is 23.9 Å². The molecule has 3 aliphatic rings. The standard InChI is InChI=1S/C24H23F3N8O2/c25-17-9-16(10-18(26)11-17)20-1-3-30-35(20)24(37)33-7-5-32(6-8-33)23-29-13-19(27)21(31-23)22(36)34-4-2-15(12-28)14-34/h3,9-11,13,15,20H,1-2,4-8,14H2/t15-,20-/m0/s1. The first-order valence-electron chi connectivity index (χ1n) is 11.9. The van der Waals surface area contributed by atoms with Crippen molar-refractivity contribution < 1.29 is 22.8 Å². The van der Waals surface area contributed by atoms with Gasteiger partial charge in [-0.05, 0) is 24.1 Å². The van der Waals surface area contributed by atoms with Crippen LogP contribution in [-0.2, 0) is 0 Å². The molecule has 192 valence electrons. The lowest BCUT2D eigenvalue weighted by atomic mass is 10.0. The summed E-state index contributed by atoms with van der Waals surface area (Å²) in [5, 5.41) is 14.4. The molecule has 2 saturated heterocycles. The van der Waals surface area contributed by atoms with E-state index in [2.05, 4.69) is 21.1 Å². The second-order valence-electron chi connectivity index (χ2n) is 9.09. The average molecular weight is 512 g/mol. The van der Waals surface area contributed by atoms with Gasteiger partial charge in [0, 0.05) is 58.0 Å². The van der Waals surface area contributed by atoms with Crippen LogP contribution in [0.5, 0.6) is 0 Å². The number of carbonyl (C=O) groups is 2. The van der Waals surface area contributed by atoms with E-state index in [9.17, 15) is 22.8 Å². The summed E-state index contributed by atoms with van der Waals surface area (Å²) in [6.07, 6.45) is 3.35. The van der Waals surface area contributed by atoms with Gasteiger partial charge in [0.2, 0.25) is 5.95 Å². The summed E-state index contributed by atoms with van der Waals surface area (Å²) >= 11 is 0. The van der Waals surface area contributed by atoms with Gasteiger partial charge >= 0.3 is 6.03 Å². The van der Waals surface area contributed by atoms with E-state index in [1.807, 2.05) is 0 Å². The molecule has 3 aliphatic heterocycles. The molecule has 0 spiro atoms. The fourth-order valence-electron chi connectivity index (χ4n) is 4.75. The Morgan fingerprint density at radius 2 is 1.73 bits per heavy atom. The third-order valence-corrected chi connectivity index (χ3v) is 6.72. The summed E-state index contributed by atoms with van der Waals surface area (Å²) in [6, 6.07) is 4.25. The molecule has 1 aromatic carbocycles. The molecule has 2 atom stereocenters. The monoisotopic (exact) mass is 512 g/mol. The van der Waals surface area contributed by atoms with E-state index < -0.39 is 35.4 Å². The minimum atomic E-state index is -0.838. The molecular formula is C24H23F3N8O2. The number of urea groups is 1. The number of aromatic nitrogens is 2. The van der Waals surface area contributed by atoms with Crippen molar-refractivity contribution in [1.29, 1.82) is 5.26 Å². The van der Waals surface area contributed by atoms with E-state index in [0.717, 1.165) is 12.3 Å². The lowest BCUT2D eigenvalue weighted by molar-refractivity contribution is 0.0778. The van der Waals surface area contributed by atoms with Gasteiger partial charge in [0.25, 0.3) is 5.91 Å². The molecule has 10 nitrogen and oxygen atoms in total. The number of benzene rings is 1. The fraction of sp³-hybridized carbons (Fsp3) is 0.417. The highest BCUT2D eigenvalue weighted by atomic mass is 19.1. The van der Waals surface area contributed by atoms with Gasteiger partial charge in [-0.3, -0.25) is 4.79 Å². The molecule has 0 bridgehead atoms. The van der Waals surface area contributed by atoms with Gasteiger partial charge in [-0.2, -0.15) is 10.4 Å². The van der Waals surface area contributed by atoms with Crippen LogP contribution in [0.25, 0.3) is 0 Å². The number of nitrogens with zero attached hydrogens (tertiary/aromatic N) is 8. The predicted molar refractivity (Wildman–Crippen MR) is 125 cm³/mol. The fourth-order valence-corrected chi connectivity index (χ4v) is 4.75. The van der Waals surface area contributed by atoms with Crippen LogP contribution < -0.4 is 4.90 Å². The minimum absolute atomic E-state index is 0.167. The summed E-state index contributed by atoms with van der Waals surface area (Å²) < 4.78 is 41.9. The van der Waals surface area contributed by atoms with E-state index in [1.165, 1.54) is 28.3 Å². The lowest BCUT2D eigenvalue weighted by Gasteiger charge is -2.37. The number of hydrazone groups is 1. The Hall–Kier alpha value is -4.21. The van der Waals surface area contributed by atoms with Crippen molar-refractivity contribution in [2.45, 2.75) is 18.9 Å². The Morgan fingerprint density at radius 3 is 2.41 bits per heavy atom. The molecule has 0 aliphatic carbocycles. The van der Waals surface area contributed by atoms with Gasteiger partial charge in [0.15, 0.2) is 11.5 Å². The zero-order valence-corrected chi connectivity index (χ0v) is 19.7. The highest BCUT2D eigenvalue weighted by Crippen LogP contribution is 2.30. The number of piperazine rings is 1. The molecule has 5 rings (SSSR count). The predicted octanol–water partition coefficient (Wildman–Crippen LogP) is 2.55. The number of hydrogen-bond donors (Lipinski definition) is 0. The van der Waals surface area contributed by atoms with E-state index in [0.29, 0.717) is 38.0 Å². The first kappa shape index (κ1) is 24.5. The highest BCUT2D eigenvalue weighted by molar-refractivity contribution is 5.93. The average Bonchev–Trinajstić information content (AvgIpc) is 3.58. The molecule has 2 aromatic rings. The van der Waals surface area contributed by atoms with Crippen molar-refractivity contribution in [3.05, 3.63) is 53.1 Å². The van der Waals surface area contributed by atoms with Crippen molar-refractivity contribution in [1.82, 2.24) is 24.8 Å². The van der Waals surface area contributed by atoms with Gasteiger partial charge in [-0.25, -0.2) is 32.9 Å². The summed E-state index contributed by atoms with van der Waals surface area (Å²) in [5.41, 5.74) is -0.0309. The molecule has 2 fully saturated rings. The number of likely N-dealkylation sites (tertiary alicyclic amines) is 1. The maximum Gasteiger partial charge on any atom is 0.341 e. The second kappa shape index (κ2) is 10.0. The molecule has 1 aromatic heterocycles. The third kappa shape index (κ3) is 4.91. The van der Waals surface area contributed by atoms with Crippen molar-refractivity contribution in [3.8, 4) is 6.07 Å². The summed E-state index contributed by atoms with van der Waals surface area (Å²) in [4.78, 5) is 38.9. The lowest BCUT2D eigenvalue weighted by Crippen LogP contribution is -2.52. The highest BCUT2D eigenvalue weighted by Gasteiger charge is 2.34. The molecular weight excluding hydrogens is 489 g/mol. The largest absolute Gasteiger partial charge is 0.341 e. The van der Waals surface area contributed by atoms with Crippen LogP contribution in [-0.4, -0.2) is 82.2 Å². The number of rotatable bonds is 3. The van der Waals surface area contributed by atoms with Crippen LogP contribution in [0.15, 0.2) is 29.5 Å². The Bertz CT molecular complexity index is 1270. The van der Waals surface area contributed by atoms with Crippen LogP contribution in [0.2, 0.25) is 0 Å². The second-order valence-corrected chi connectivity index (χ2v) is 9.09. The molecule has 0 saturated carbocycles. The number of carbonyl (C=O) groups excluding carboxylic acids is 2. The first-order chi connectivity index (χ1) is 17.8. The number of nitriles is 1. The van der Waals surface area contributed by atoms with Gasteiger partial charge in [0.1, 0.15) is 11.6 Å². The minimum Gasteiger partial charge on any atom is -0.337 e. The number of hydrogen-bond acceptors (Lipinski definition) is 7. The SMILES string of the molecule is N#C[C@@H]1CCN(C(=O)c2nc(N3CCN(C(=O)N4N=CC[C@H]4c4cc(F)cc(F)c4)CC3)ncc2F)C1. The summed E-state index contributed by atoms with van der Waals surface area (Å²) in [7, 11) is 0. The zero-order valence-electron chi connectivity index (χ0n) is 19.7. The van der Waals surface area contributed by atoms with Gasteiger partial charge < -0.3 is 14.7 Å². The normalized spacial score (nSPS) is 21.5. The number of amides is 3. The van der Waals surface area contributed by atoms with E-state index >= 15 is 0 Å². The number of anilines is 1. The maximum atomic E-state index is 14.4. The zero-order chi connectivity index (χ0) is 26.1. The molecule has 3 amide bonds. The Morgan fingerprint density at radius 1 is 1.00 bits per heavy atom. The van der Waals surface area contributed by atoms with E-state index in [1.54, 1.807) is 9.80 Å². The summed E-state index contributed by atoms with van der Waals surface area (Å²) in [5.74, 6) is -2.99. The van der Waals surface area contributed by atoms with Crippen molar-refractivity contribution in [3.63, 3.8) is 0 Å². The molecule has 37 heavy (non-hydrogen) atoms. The van der Waals surface area contributed by atoms with Crippen molar-refractivity contribution >= 4 is 24.1 Å². The van der Waals surface area contributed by atoms with Crippen LogP contribution in [0, 0.1) is 34.7 Å². The van der Waals surface area contributed by atoms with Crippen molar-refractivity contribution in [2.24, 2.45) is 11.0 Å². The molecule has 4 heterocycles. The van der Waals surface area contributed by atoms with Crippen molar-refractivity contribution in [2.75, 3.05) is 44.2 Å². The van der Waals surface area contributed by atoms with Gasteiger partial charge in [-0.15, -0.1) is 0 Å². The number of halogens is 3. The Kier molecular flexibility index (Phi) is 6.64. The van der Waals surface area contributed by atoms with Gasteiger partial charge in [0.05, 0.1) is 24.2 Å². The molecule has 13 heteroatoms. The van der Waals surface area contributed by atoms with Crippen LogP contribution in [0.3, 0.4) is 0 Å². The quantitative estimate of drug-likeness (QED) is 0.626. The molecule has 0 radical (unpaired) electrons. The Balaban J connectivity index is 1.24. The summed E-state index contributed by atoms with van der Waals surface area (Å²) in [6.45, 7) is 1.78. The van der Waals surface area contributed by atoms with Crippen LogP contribution in [0.1, 0.15) is 34.9 Å². The topological polar surface area (TPSA) is 109 Å².